The number of fused-ring (bicyclic) bond motifs is 2. The second-order valence-electron chi connectivity index (χ2n) is 5.77. The first kappa shape index (κ1) is 16.5. The van der Waals surface area contributed by atoms with Gasteiger partial charge in [-0.1, -0.05) is 47.5 Å². The molecule has 0 aliphatic carbocycles. The van der Waals surface area contributed by atoms with E-state index >= 15 is 0 Å². The van der Waals surface area contributed by atoms with Crippen LogP contribution in [0.15, 0.2) is 57.6 Å². The van der Waals surface area contributed by atoms with Crippen LogP contribution >= 0.6 is 23.2 Å². The fourth-order valence-corrected chi connectivity index (χ4v) is 3.67. The lowest BCUT2D eigenvalue weighted by molar-refractivity contribution is 0.539. The summed E-state index contributed by atoms with van der Waals surface area (Å²) in [5.41, 5.74) is 5.61. The zero-order valence-electron chi connectivity index (χ0n) is 13.1. The lowest BCUT2D eigenvalue weighted by atomic mass is 10.0. The van der Waals surface area contributed by atoms with Gasteiger partial charge in [-0.25, -0.2) is 4.68 Å². The molecule has 0 saturated carbocycles. The lowest BCUT2D eigenvalue weighted by Crippen LogP contribution is -2.38. The van der Waals surface area contributed by atoms with Gasteiger partial charge in [0.25, 0.3) is 11.1 Å². The Hall–Kier alpha value is -3.01. The molecule has 0 fully saturated rings. The number of rotatable bonds is 1. The van der Waals surface area contributed by atoms with E-state index in [9.17, 15) is 14.9 Å². The number of allylic oxidation sites excluding steroid dienone is 1. The van der Waals surface area contributed by atoms with Crippen LogP contribution in [0, 0.1) is 11.3 Å². The number of halogens is 2. The van der Waals surface area contributed by atoms with E-state index in [0.717, 1.165) is 9.36 Å². The Bertz CT molecular complexity index is 1280. The highest BCUT2D eigenvalue weighted by molar-refractivity contribution is 6.42. The first-order valence-corrected chi connectivity index (χ1v) is 8.33. The Morgan fingerprint density at radius 2 is 1.65 bits per heavy atom. The Morgan fingerprint density at radius 3 is 2.31 bits per heavy atom. The molecule has 1 atom stereocenters. The number of nitrogens with two attached hydrogens (primary N) is 1. The van der Waals surface area contributed by atoms with E-state index in [4.69, 9.17) is 28.9 Å². The third-order valence-electron chi connectivity index (χ3n) is 4.42. The molecule has 128 valence electrons. The van der Waals surface area contributed by atoms with Gasteiger partial charge in [0, 0.05) is 5.56 Å². The van der Waals surface area contributed by atoms with Gasteiger partial charge in [-0.15, -0.1) is 0 Å². The predicted octanol–water partition coefficient (Wildman–Crippen LogP) is 2.72. The Morgan fingerprint density at radius 1 is 1.00 bits per heavy atom. The van der Waals surface area contributed by atoms with Crippen molar-refractivity contribution in [3.8, 4) is 6.07 Å². The molecule has 0 radical (unpaired) electrons. The molecule has 26 heavy (non-hydrogen) atoms. The van der Waals surface area contributed by atoms with Crippen molar-refractivity contribution in [3.63, 3.8) is 0 Å². The standard InChI is InChI=1S/C18H10Cl2N4O2/c19-13-7-3-6-11(14(13)20)15-12(8-21)16(22)24-18(26)10-5-2-1-4-9(10)17(25)23(15)24/h1-7,15H,22H2. The van der Waals surface area contributed by atoms with Crippen molar-refractivity contribution < 1.29 is 0 Å². The predicted molar refractivity (Wildman–Crippen MR) is 100 cm³/mol. The summed E-state index contributed by atoms with van der Waals surface area (Å²) in [7, 11) is 0. The molecule has 0 bridgehead atoms. The van der Waals surface area contributed by atoms with E-state index in [0.29, 0.717) is 5.56 Å². The SMILES string of the molecule is N#CC1=C(N)n2c(=O)c3ccccc3c(=O)n2C1c1cccc(Cl)c1Cl. The van der Waals surface area contributed by atoms with Gasteiger partial charge in [0.05, 0.1) is 20.8 Å². The molecule has 4 rings (SSSR count). The molecule has 1 aliphatic rings. The molecular formula is C18H10Cl2N4O2. The monoisotopic (exact) mass is 384 g/mol. The molecular weight excluding hydrogens is 375 g/mol. The quantitative estimate of drug-likeness (QED) is 0.697. The number of benzene rings is 2. The van der Waals surface area contributed by atoms with Crippen molar-refractivity contribution in [2.45, 2.75) is 6.04 Å². The van der Waals surface area contributed by atoms with Crippen LogP contribution in [0.3, 0.4) is 0 Å². The van der Waals surface area contributed by atoms with Gasteiger partial charge in [-0.05, 0) is 18.2 Å². The normalized spacial score (nSPS) is 16.0. The number of hydrogen-bond acceptors (Lipinski definition) is 4. The molecule has 0 amide bonds. The second kappa shape index (κ2) is 5.77. The molecule has 8 heteroatoms. The van der Waals surface area contributed by atoms with Gasteiger partial charge in [0.15, 0.2) is 0 Å². The summed E-state index contributed by atoms with van der Waals surface area (Å²) in [5.74, 6) is -0.0959. The van der Waals surface area contributed by atoms with Crippen molar-refractivity contribution in [1.29, 1.82) is 5.26 Å². The number of hydrogen-bond donors (Lipinski definition) is 1. The zero-order chi connectivity index (χ0) is 18.6. The van der Waals surface area contributed by atoms with Crippen molar-refractivity contribution in [2.75, 3.05) is 0 Å². The van der Waals surface area contributed by atoms with Gasteiger partial charge in [-0.3, -0.25) is 9.59 Å². The number of nitrogens with zero attached hydrogens (tertiary/aromatic N) is 3. The topological polar surface area (TPSA) is 93.8 Å². The van der Waals surface area contributed by atoms with E-state index in [1.54, 1.807) is 42.5 Å². The molecule has 0 spiro atoms. The highest BCUT2D eigenvalue weighted by Crippen LogP contribution is 2.38. The van der Waals surface area contributed by atoms with Crippen molar-refractivity contribution >= 4 is 39.8 Å². The maximum absolute atomic E-state index is 13.1. The second-order valence-corrected chi connectivity index (χ2v) is 6.55. The highest BCUT2D eigenvalue weighted by atomic mass is 35.5. The summed E-state index contributed by atoms with van der Waals surface area (Å²) in [6.07, 6.45) is 0. The fourth-order valence-electron chi connectivity index (χ4n) is 3.25. The van der Waals surface area contributed by atoms with Crippen LogP contribution in [0.4, 0.5) is 0 Å². The Labute approximate surface area is 156 Å². The molecule has 2 N–H and O–H groups in total. The Kier molecular flexibility index (Phi) is 3.65. The van der Waals surface area contributed by atoms with Crippen molar-refractivity contribution in [3.05, 3.63) is 84.4 Å². The van der Waals surface area contributed by atoms with Gasteiger partial charge in [0.2, 0.25) is 0 Å². The van der Waals surface area contributed by atoms with E-state index in [-0.39, 0.29) is 32.2 Å². The average molecular weight is 385 g/mol. The van der Waals surface area contributed by atoms with Crippen molar-refractivity contribution in [1.82, 2.24) is 9.36 Å². The van der Waals surface area contributed by atoms with E-state index < -0.39 is 17.2 Å². The van der Waals surface area contributed by atoms with Gasteiger partial charge in [-0.2, -0.15) is 9.94 Å². The molecule has 1 unspecified atom stereocenters. The van der Waals surface area contributed by atoms with Crippen LogP contribution in [0.2, 0.25) is 10.0 Å². The molecule has 2 aromatic carbocycles. The molecule has 1 aromatic heterocycles. The maximum atomic E-state index is 13.1. The molecule has 3 aromatic rings. The van der Waals surface area contributed by atoms with Crippen LogP contribution < -0.4 is 16.9 Å². The summed E-state index contributed by atoms with van der Waals surface area (Å²) >= 11 is 12.4. The molecule has 2 heterocycles. The van der Waals surface area contributed by atoms with Crippen LogP contribution in [0.1, 0.15) is 11.6 Å². The highest BCUT2D eigenvalue weighted by Gasteiger charge is 2.35. The smallest absolute Gasteiger partial charge is 0.279 e. The minimum Gasteiger partial charge on any atom is -0.383 e. The first-order valence-electron chi connectivity index (χ1n) is 7.58. The average Bonchev–Trinajstić information content (AvgIpc) is 2.94. The van der Waals surface area contributed by atoms with Crippen LogP contribution in [-0.4, -0.2) is 9.36 Å². The lowest BCUT2D eigenvalue weighted by Gasteiger charge is -2.18. The fraction of sp³-hybridized carbons (Fsp3) is 0.0556. The first-order chi connectivity index (χ1) is 12.5. The summed E-state index contributed by atoms with van der Waals surface area (Å²) in [5, 5.41) is 10.6. The van der Waals surface area contributed by atoms with Crippen LogP contribution in [0.5, 0.6) is 0 Å². The summed E-state index contributed by atoms with van der Waals surface area (Å²) < 4.78 is 2.20. The van der Waals surface area contributed by atoms with Gasteiger partial charge in [0.1, 0.15) is 23.5 Å². The Balaban J connectivity index is 2.19. The third kappa shape index (κ3) is 2.05. The van der Waals surface area contributed by atoms with E-state index in [1.165, 1.54) is 0 Å². The van der Waals surface area contributed by atoms with E-state index in [2.05, 4.69) is 0 Å². The minimum absolute atomic E-state index is 0.0590. The van der Waals surface area contributed by atoms with Crippen molar-refractivity contribution in [2.24, 2.45) is 5.73 Å². The summed E-state index contributed by atoms with van der Waals surface area (Å²) in [4.78, 5) is 26.0. The maximum Gasteiger partial charge on any atom is 0.279 e. The minimum atomic E-state index is -0.934. The third-order valence-corrected chi connectivity index (χ3v) is 5.26. The summed E-state index contributed by atoms with van der Waals surface area (Å²) in [6, 6.07) is 12.4. The molecule has 6 nitrogen and oxygen atoms in total. The van der Waals surface area contributed by atoms with Crippen LogP contribution in [0.25, 0.3) is 16.6 Å². The summed E-state index contributed by atoms with van der Waals surface area (Å²) in [6.45, 7) is 0. The number of aromatic nitrogens is 2. The largest absolute Gasteiger partial charge is 0.383 e. The van der Waals surface area contributed by atoms with Gasteiger partial charge < -0.3 is 5.73 Å². The van der Waals surface area contributed by atoms with Gasteiger partial charge >= 0.3 is 0 Å². The van der Waals surface area contributed by atoms with E-state index in [1.807, 2.05) is 6.07 Å². The molecule has 1 aliphatic heterocycles. The van der Waals surface area contributed by atoms with Crippen LogP contribution in [-0.2, 0) is 0 Å². The zero-order valence-corrected chi connectivity index (χ0v) is 14.6. The number of nitriles is 1. The molecule has 0 saturated heterocycles.